The highest BCUT2D eigenvalue weighted by molar-refractivity contribution is 6.29. The summed E-state index contributed by atoms with van der Waals surface area (Å²) in [6.07, 6.45) is -3.15. The van der Waals surface area contributed by atoms with E-state index in [2.05, 4.69) is 9.97 Å². The zero-order valence-corrected chi connectivity index (χ0v) is 16.5. The fourth-order valence-corrected chi connectivity index (χ4v) is 3.02. The predicted molar refractivity (Wildman–Crippen MR) is 102 cm³/mol. The van der Waals surface area contributed by atoms with Crippen molar-refractivity contribution in [1.82, 2.24) is 9.97 Å². The SMILES string of the molecule is Cc1[nH]c2c(C(N)=O)cc(F)c(Cc3ccnc(Cl)c3)c2c1C.O=C(O)C(F)(F)F. The van der Waals surface area contributed by atoms with E-state index in [9.17, 15) is 22.4 Å². The van der Waals surface area contributed by atoms with Gasteiger partial charge in [0.25, 0.3) is 5.91 Å². The van der Waals surface area contributed by atoms with E-state index < -0.39 is 23.9 Å². The second kappa shape index (κ2) is 8.70. The summed E-state index contributed by atoms with van der Waals surface area (Å²) in [6, 6.07) is 4.68. The number of carbonyl (C=O) groups is 2. The number of carbonyl (C=O) groups excluding carboxylic acids is 1. The number of primary amides is 1. The van der Waals surface area contributed by atoms with Crippen molar-refractivity contribution in [3.8, 4) is 0 Å². The number of aliphatic carboxylic acids is 1. The lowest BCUT2D eigenvalue weighted by atomic mass is 9.96. The highest BCUT2D eigenvalue weighted by Crippen LogP contribution is 2.31. The van der Waals surface area contributed by atoms with Gasteiger partial charge in [-0.25, -0.2) is 14.2 Å². The van der Waals surface area contributed by atoms with Gasteiger partial charge in [0.15, 0.2) is 0 Å². The predicted octanol–water partition coefficient (Wildman–Crippen LogP) is 4.30. The van der Waals surface area contributed by atoms with Crippen LogP contribution in [-0.4, -0.2) is 33.1 Å². The third-order valence-electron chi connectivity index (χ3n) is 4.31. The van der Waals surface area contributed by atoms with E-state index in [0.29, 0.717) is 28.0 Å². The van der Waals surface area contributed by atoms with Crippen molar-refractivity contribution in [3.05, 3.63) is 63.3 Å². The Labute approximate surface area is 172 Å². The van der Waals surface area contributed by atoms with E-state index in [0.717, 1.165) is 16.8 Å². The van der Waals surface area contributed by atoms with Gasteiger partial charge in [-0.3, -0.25) is 4.79 Å². The van der Waals surface area contributed by atoms with Crippen LogP contribution in [0.4, 0.5) is 17.6 Å². The van der Waals surface area contributed by atoms with E-state index in [1.807, 2.05) is 13.8 Å². The molecule has 2 heterocycles. The van der Waals surface area contributed by atoms with Crippen LogP contribution in [0.25, 0.3) is 10.9 Å². The summed E-state index contributed by atoms with van der Waals surface area (Å²) >= 11 is 5.90. The smallest absolute Gasteiger partial charge is 0.475 e. The van der Waals surface area contributed by atoms with Crippen molar-refractivity contribution in [2.45, 2.75) is 26.4 Å². The summed E-state index contributed by atoms with van der Waals surface area (Å²) in [5, 5.41) is 8.18. The molecule has 3 rings (SSSR count). The van der Waals surface area contributed by atoms with Crippen LogP contribution in [0, 0.1) is 19.7 Å². The average molecular weight is 446 g/mol. The number of halogens is 5. The number of hydrogen-bond acceptors (Lipinski definition) is 3. The van der Waals surface area contributed by atoms with Crippen LogP contribution in [0.1, 0.15) is 32.7 Å². The van der Waals surface area contributed by atoms with Gasteiger partial charge in [-0.1, -0.05) is 11.6 Å². The third kappa shape index (κ3) is 5.07. The summed E-state index contributed by atoms with van der Waals surface area (Å²) in [5.41, 5.74) is 9.24. The number of aryl methyl sites for hydroxylation is 2. The number of alkyl halides is 3. The minimum Gasteiger partial charge on any atom is -0.475 e. The number of nitrogens with zero attached hydrogens (tertiary/aromatic N) is 1. The number of hydrogen-bond donors (Lipinski definition) is 3. The second-order valence-electron chi connectivity index (χ2n) is 6.34. The Morgan fingerprint density at radius 2 is 1.87 bits per heavy atom. The molecular formula is C19H16ClF4N3O3. The number of pyridine rings is 1. The van der Waals surface area contributed by atoms with E-state index in [-0.39, 0.29) is 5.56 Å². The average Bonchev–Trinajstić information content (AvgIpc) is 2.92. The zero-order chi connectivity index (χ0) is 22.8. The monoisotopic (exact) mass is 445 g/mol. The molecule has 1 amide bonds. The number of aromatic nitrogens is 2. The number of nitrogens with one attached hydrogen (secondary N) is 1. The molecule has 0 aliphatic carbocycles. The molecule has 30 heavy (non-hydrogen) atoms. The number of fused-ring (bicyclic) bond motifs is 1. The molecule has 0 aliphatic rings. The van der Waals surface area contributed by atoms with Crippen LogP contribution < -0.4 is 5.73 Å². The number of nitrogens with two attached hydrogens (primary N) is 1. The van der Waals surface area contributed by atoms with Crippen molar-refractivity contribution in [2.24, 2.45) is 5.73 Å². The minimum absolute atomic E-state index is 0.158. The number of carboxylic acid groups (broad SMARTS) is 1. The van der Waals surface area contributed by atoms with Gasteiger partial charge in [0.2, 0.25) is 0 Å². The number of carboxylic acids is 1. The molecule has 1 aromatic carbocycles. The van der Waals surface area contributed by atoms with Gasteiger partial charge in [0, 0.05) is 29.3 Å². The van der Waals surface area contributed by atoms with Gasteiger partial charge in [-0.15, -0.1) is 0 Å². The quantitative estimate of drug-likeness (QED) is 0.412. The molecule has 0 fully saturated rings. The Bertz CT molecular complexity index is 1130. The summed E-state index contributed by atoms with van der Waals surface area (Å²) in [4.78, 5) is 27.6. The lowest BCUT2D eigenvalue weighted by Crippen LogP contribution is -2.21. The van der Waals surface area contributed by atoms with Crippen molar-refractivity contribution in [1.29, 1.82) is 0 Å². The number of H-pyrrole nitrogens is 1. The maximum Gasteiger partial charge on any atom is 0.490 e. The Morgan fingerprint density at radius 3 is 2.37 bits per heavy atom. The minimum atomic E-state index is -5.08. The molecule has 0 radical (unpaired) electrons. The van der Waals surface area contributed by atoms with E-state index in [1.165, 1.54) is 6.07 Å². The Balaban J connectivity index is 0.000000396. The maximum absolute atomic E-state index is 14.6. The van der Waals surface area contributed by atoms with Crippen LogP contribution in [0.2, 0.25) is 5.15 Å². The van der Waals surface area contributed by atoms with Gasteiger partial charge >= 0.3 is 12.1 Å². The first-order valence-corrected chi connectivity index (χ1v) is 8.71. The van der Waals surface area contributed by atoms with Crippen molar-refractivity contribution in [2.75, 3.05) is 0 Å². The van der Waals surface area contributed by atoms with E-state index in [1.54, 1.807) is 18.3 Å². The van der Waals surface area contributed by atoms with Crippen LogP contribution in [0.5, 0.6) is 0 Å². The molecule has 160 valence electrons. The maximum atomic E-state index is 14.6. The highest BCUT2D eigenvalue weighted by Gasteiger charge is 2.38. The zero-order valence-electron chi connectivity index (χ0n) is 15.7. The molecule has 0 saturated heterocycles. The van der Waals surface area contributed by atoms with Gasteiger partial charge in [0.05, 0.1) is 11.1 Å². The van der Waals surface area contributed by atoms with Crippen LogP contribution in [0.15, 0.2) is 24.4 Å². The molecule has 4 N–H and O–H groups in total. The second-order valence-corrected chi connectivity index (χ2v) is 6.73. The standard InChI is InChI=1S/C17H15ClFN3O.C2HF3O2/c1-8-9(2)22-16-12(17(20)23)7-13(19)11(15(8)16)5-10-3-4-21-14(18)6-10;3-2(4,5)1(6)7/h3-4,6-7,22H,5H2,1-2H3,(H2,20,23);(H,6,7). The first-order chi connectivity index (χ1) is 13.8. The van der Waals surface area contributed by atoms with Crippen LogP contribution in [0.3, 0.4) is 0 Å². The van der Waals surface area contributed by atoms with Crippen LogP contribution in [-0.2, 0) is 11.2 Å². The fraction of sp³-hybridized carbons (Fsp3) is 0.211. The lowest BCUT2D eigenvalue weighted by molar-refractivity contribution is -0.192. The Kier molecular flexibility index (Phi) is 6.71. The van der Waals surface area contributed by atoms with Gasteiger partial charge in [-0.2, -0.15) is 13.2 Å². The molecule has 3 aromatic rings. The molecule has 6 nitrogen and oxygen atoms in total. The first-order valence-electron chi connectivity index (χ1n) is 8.33. The number of benzene rings is 1. The summed E-state index contributed by atoms with van der Waals surface area (Å²) < 4.78 is 46.4. The largest absolute Gasteiger partial charge is 0.490 e. The molecule has 0 bridgehead atoms. The number of aromatic amines is 1. The van der Waals surface area contributed by atoms with Crippen molar-refractivity contribution < 1.29 is 32.3 Å². The molecule has 0 spiro atoms. The molecule has 0 aliphatic heterocycles. The van der Waals surface area contributed by atoms with Gasteiger partial charge < -0.3 is 15.8 Å². The molecular weight excluding hydrogens is 430 g/mol. The van der Waals surface area contributed by atoms with Crippen molar-refractivity contribution >= 4 is 34.4 Å². The van der Waals surface area contributed by atoms with E-state index >= 15 is 0 Å². The molecule has 11 heteroatoms. The van der Waals surface area contributed by atoms with Crippen LogP contribution >= 0.6 is 11.6 Å². The van der Waals surface area contributed by atoms with E-state index in [4.69, 9.17) is 27.2 Å². The lowest BCUT2D eigenvalue weighted by Gasteiger charge is -2.10. The number of amides is 1. The third-order valence-corrected chi connectivity index (χ3v) is 4.52. The van der Waals surface area contributed by atoms with Gasteiger partial charge in [0.1, 0.15) is 11.0 Å². The summed E-state index contributed by atoms with van der Waals surface area (Å²) in [5.74, 6) is -3.87. The topological polar surface area (TPSA) is 109 Å². The van der Waals surface area contributed by atoms with Crippen molar-refractivity contribution in [3.63, 3.8) is 0 Å². The molecule has 0 unspecified atom stereocenters. The summed E-state index contributed by atoms with van der Waals surface area (Å²) in [7, 11) is 0. The molecule has 2 aromatic heterocycles. The molecule has 0 atom stereocenters. The molecule has 0 saturated carbocycles. The Morgan fingerprint density at radius 1 is 1.27 bits per heavy atom. The highest BCUT2D eigenvalue weighted by atomic mass is 35.5. The number of rotatable bonds is 3. The first kappa shape index (κ1) is 23.1. The normalized spacial score (nSPS) is 11.2. The van der Waals surface area contributed by atoms with Gasteiger partial charge in [-0.05, 0) is 43.2 Å². The fourth-order valence-electron chi connectivity index (χ4n) is 2.83. The summed E-state index contributed by atoms with van der Waals surface area (Å²) in [6.45, 7) is 3.77. The Hall–Kier alpha value is -3.14.